The van der Waals surface area contributed by atoms with Crippen molar-refractivity contribution in [3.63, 3.8) is 0 Å². The molecule has 3 heterocycles. The van der Waals surface area contributed by atoms with Gasteiger partial charge in [-0.25, -0.2) is 0 Å². The maximum atomic E-state index is 5.73. The zero-order chi connectivity index (χ0) is 16.7. The molecule has 0 aromatic carbocycles. The zero-order valence-corrected chi connectivity index (χ0v) is 14.5. The van der Waals surface area contributed by atoms with Crippen LogP contribution in [0.2, 0.25) is 0 Å². The van der Waals surface area contributed by atoms with Crippen LogP contribution in [0, 0.1) is 0 Å². The number of rotatable bonds is 2. The summed E-state index contributed by atoms with van der Waals surface area (Å²) in [5.74, 6) is 1.94. The highest BCUT2D eigenvalue weighted by atomic mass is 16.7. The van der Waals surface area contributed by atoms with Gasteiger partial charge in [0.25, 0.3) is 0 Å². The summed E-state index contributed by atoms with van der Waals surface area (Å²) in [6.07, 6.45) is 9.65. The van der Waals surface area contributed by atoms with E-state index in [2.05, 4.69) is 23.6 Å². The van der Waals surface area contributed by atoms with E-state index in [1.165, 1.54) is 22.3 Å². The maximum absolute atomic E-state index is 5.73. The van der Waals surface area contributed by atoms with E-state index >= 15 is 0 Å². The van der Waals surface area contributed by atoms with E-state index in [0.717, 1.165) is 43.9 Å². The van der Waals surface area contributed by atoms with Gasteiger partial charge in [-0.05, 0) is 54.2 Å². The Hall–Kier alpha value is -1.78. The van der Waals surface area contributed by atoms with E-state index in [9.17, 15) is 0 Å². The van der Waals surface area contributed by atoms with Gasteiger partial charge in [-0.15, -0.1) is 0 Å². The van der Waals surface area contributed by atoms with E-state index in [4.69, 9.17) is 14.2 Å². The Bertz CT molecular complexity index is 683. The molecule has 0 bridgehead atoms. The maximum Gasteiger partial charge on any atom is 0.189 e. The Kier molecular flexibility index (Phi) is 4.10. The highest BCUT2D eigenvalue weighted by Crippen LogP contribution is 2.42. The number of methoxy groups -OCH3 is 1. The number of hydrogen-bond donors (Lipinski definition) is 0. The molecule has 1 aliphatic carbocycles. The Labute approximate surface area is 143 Å². The van der Waals surface area contributed by atoms with Gasteiger partial charge >= 0.3 is 0 Å². The molecule has 4 aliphatic rings. The third-order valence-electron chi connectivity index (χ3n) is 5.56. The highest BCUT2D eigenvalue weighted by Gasteiger charge is 2.39. The summed E-state index contributed by atoms with van der Waals surface area (Å²) in [7, 11) is 1.70. The van der Waals surface area contributed by atoms with Crippen molar-refractivity contribution >= 4 is 0 Å². The Morgan fingerprint density at radius 3 is 3.12 bits per heavy atom. The van der Waals surface area contributed by atoms with Gasteiger partial charge in [0, 0.05) is 25.6 Å². The van der Waals surface area contributed by atoms with E-state index in [1.54, 1.807) is 7.11 Å². The highest BCUT2D eigenvalue weighted by molar-refractivity contribution is 5.45. The molecule has 0 aromatic rings. The summed E-state index contributed by atoms with van der Waals surface area (Å²) in [5, 5.41) is 0. The molecule has 2 saturated heterocycles. The Morgan fingerprint density at radius 2 is 2.29 bits per heavy atom. The number of allylic oxidation sites excluding steroid dienone is 4. The summed E-state index contributed by atoms with van der Waals surface area (Å²) in [6.45, 7) is 8.71. The van der Waals surface area contributed by atoms with Crippen LogP contribution >= 0.6 is 0 Å². The van der Waals surface area contributed by atoms with Crippen LogP contribution in [-0.4, -0.2) is 44.0 Å². The third kappa shape index (κ3) is 2.74. The second-order valence-electron chi connectivity index (χ2n) is 6.94. The number of hydrogen-bond acceptors (Lipinski definition) is 4. The molecular formula is C20H25NO3. The molecule has 128 valence electrons. The quantitative estimate of drug-likeness (QED) is 0.727. The predicted molar refractivity (Wildman–Crippen MR) is 93.1 cm³/mol. The molecule has 0 radical (unpaired) electrons. The van der Waals surface area contributed by atoms with Crippen LogP contribution < -0.4 is 0 Å². The first-order valence-corrected chi connectivity index (χ1v) is 8.67. The van der Waals surface area contributed by atoms with Gasteiger partial charge in [0.15, 0.2) is 6.79 Å². The van der Waals surface area contributed by atoms with Crippen LogP contribution in [0.3, 0.4) is 0 Å². The van der Waals surface area contributed by atoms with Gasteiger partial charge in [0.05, 0.1) is 12.9 Å². The molecule has 2 fully saturated rings. The number of ether oxygens (including phenoxy) is 3. The standard InChI is InChI=1S/C20H25NO3/c1-13-11-21-7-6-16-9-19-20(24-12-23-19)10-17(16)18(21)8-15(13)5-4-14(2)22-3/h4-5,9,18,20H,1,6-8,10-12H2,2-3H3/b14-4+,15-5-. The summed E-state index contributed by atoms with van der Waals surface area (Å²) in [6, 6.07) is 0.462. The van der Waals surface area contributed by atoms with Crippen molar-refractivity contribution in [2.24, 2.45) is 0 Å². The molecule has 0 aromatic heterocycles. The molecule has 0 amide bonds. The van der Waals surface area contributed by atoms with Gasteiger partial charge in [-0.1, -0.05) is 12.7 Å². The first-order valence-electron chi connectivity index (χ1n) is 8.67. The minimum Gasteiger partial charge on any atom is -0.501 e. The van der Waals surface area contributed by atoms with Gasteiger partial charge in [0.2, 0.25) is 0 Å². The number of fused-ring (bicyclic) bond motifs is 3. The topological polar surface area (TPSA) is 30.9 Å². The predicted octanol–water partition coefficient (Wildman–Crippen LogP) is 3.45. The molecule has 4 rings (SSSR count). The van der Waals surface area contributed by atoms with Crippen LogP contribution in [0.15, 0.2) is 58.6 Å². The lowest BCUT2D eigenvalue weighted by Crippen LogP contribution is -2.47. The Balaban J connectivity index is 1.61. The fraction of sp³-hybridized carbons (Fsp3) is 0.500. The average molecular weight is 327 g/mol. The van der Waals surface area contributed by atoms with Crippen molar-refractivity contribution in [1.29, 1.82) is 0 Å². The van der Waals surface area contributed by atoms with Crippen molar-refractivity contribution in [3.05, 3.63) is 58.6 Å². The smallest absolute Gasteiger partial charge is 0.189 e. The molecule has 4 heteroatoms. The molecule has 3 aliphatic heterocycles. The summed E-state index contributed by atoms with van der Waals surface area (Å²) < 4.78 is 16.6. The van der Waals surface area contributed by atoms with E-state index in [0.29, 0.717) is 12.8 Å². The summed E-state index contributed by atoms with van der Waals surface area (Å²) in [5.41, 5.74) is 5.55. The number of nitrogens with zero attached hydrogens (tertiary/aromatic N) is 1. The van der Waals surface area contributed by atoms with Crippen molar-refractivity contribution < 1.29 is 14.2 Å². The van der Waals surface area contributed by atoms with Gasteiger partial charge in [0.1, 0.15) is 11.9 Å². The zero-order valence-electron chi connectivity index (χ0n) is 14.5. The normalized spacial score (nSPS) is 32.1. The minimum absolute atomic E-state index is 0.122. The first-order chi connectivity index (χ1) is 11.7. The van der Waals surface area contributed by atoms with Crippen molar-refractivity contribution in [1.82, 2.24) is 4.90 Å². The lowest BCUT2D eigenvalue weighted by Gasteiger charge is -2.44. The molecule has 0 N–H and O–H groups in total. The largest absolute Gasteiger partial charge is 0.501 e. The minimum atomic E-state index is 0.122. The summed E-state index contributed by atoms with van der Waals surface area (Å²) >= 11 is 0. The lowest BCUT2D eigenvalue weighted by molar-refractivity contribution is 0.0483. The van der Waals surface area contributed by atoms with E-state index < -0.39 is 0 Å². The molecule has 2 unspecified atom stereocenters. The number of piperidine rings is 1. The fourth-order valence-corrected chi connectivity index (χ4v) is 4.08. The van der Waals surface area contributed by atoms with E-state index in [-0.39, 0.29) is 6.10 Å². The van der Waals surface area contributed by atoms with Crippen LogP contribution in [0.1, 0.15) is 26.2 Å². The van der Waals surface area contributed by atoms with Crippen molar-refractivity contribution in [2.45, 2.75) is 38.3 Å². The van der Waals surface area contributed by atoms with Crippen molar-refractivity contribution in [2.75, 3.05) is 27.0 Å². The van der Waals surface area contributed by atoms with Gasteiger partial charge in [-0.3, -0.25) is 4.90 Å². The molecular weight excluding hydrogens is 302 g/mol. The molecule has 2 atom stereocenters. The summed E-state index contributed by atoms with van der Waals surface area (Å²) in [4.78, 5) is 2.57. The SMILES string of the molecule is C=C1CN2CCC3=C(CC4OCOC4=C3)C2C/C1=C/C=C(\C)OC. The van der Waals surface area contributed by atoms with Crippen LogP contribution in [0.4, 0.5) is 0 Å². The second kappa shape index (κ2) is 6.26. The van der Waals surface area contributed by atoms with Crippen LogP contribution in [0.25, 0.3) is 0 Å². The van der Waals surface area contributed by atoms with Gasteiger partial charge in [-0.2, -0.15) is 0 Å². The monoisotopic (exact) mass is 327 g/mol. The molecule has 0 saturated carbocycles. The van der Waals surface area contributed by atoms with E-state index in [1.807, 2.05) is 13.0 Å². The first kappa shape index (κ1) is 15.7. The second-order valence-corrected chi connectivity index (χ2v) is 6.94. The third-order valence-corrected chi connectivity index (χ3v) is 5.56. The van der Waals surface area contributed by atoms with Crippen LogP contribution in [0.5, 0.6) is 0 Å². The molecule has 0 spiro atoms. The average Bonchev–Trinajstić information content (AvgIpc) is 3.05. The lowest BCUT2D eigenvalue weighted by atomic mass is 9.78. The molecule has 4 nitrogen and oxygen atoms in total. The Morgan fingerprint density at radius 1 is 1.42 bits per heavy atom. The van der Waals surface area contributed by atoms with Gasteiger partial charge < -0.3 is 14.2 Å². The molecule has 24 heavy (non-hydrogen) atoms. The van der Waals surface area contributed by atoms with Crippen LogP contribution in [-0.2, 0) is 14.2 Å². The van der Waals surface area contributed by atoms with Crippen molar-refractivity contribution in [3.8, 4) is 0 Å². The fourth-order valence-electron chi connectivity index (χ4n) is 4.08.